The van der Waals surface area contributed by atoms with Crippen LogP contribution in [0.25, 0.3) is 0 Å². The van der Waals surface area contributed by atoms with Crippen LogP contribution in [0.4, 0.5) is 10.1 Å². The Morgan fingerprint density at radius 3 is 2.89 bits per heavy atom. The van der Waals surface area contributed by atoms with Crippen molar-refractivity contribution in [1.82, 2.24) is 0 Å². The van der Waals surface area contributed by atoms with Gasteiger partial charge in [0.05, 0.1) is 6.61 Å². The Kier molecular flexibility index (Phi) is 3.32. The van der Waals surface area contributed by atoms with Crippen molar-refractivity contribution >= 4 is 17.6 Å². The van der Waals surface area contributed by atoms with Gasteiger partial charge in [0, 0.05) is 24.1 Å². The van der Waals surface area contributed by atoms with Crippen LogP contribution in [-0.2, 0) is 20.0 Å². The molecule has 0 aromatic heterocycles. The van der Waals surface area contributed by atoms with Gasteiger partial charge in [-0.05, 0) is 13.0 Å². The predicted molar refractivity (Wildman–Crippen MR) is 63.7 cm³/mol. The second-order valence-corrected chi connectivity index (χ2v) is 4.11. The number of hydrogen-bond donors (Lipinski definition) is 1. The van der Waals surface area contributed by atoms with Gasteiger partial charge >= 0.3 is 5.97 Å². The molecule has 0 saturated heterocycles. The van der Waals surface area contributed by atoms with Crippen molar-refractivity contribution < 1.29 is 18.7 Å². The Balaban J connectivity index is 2.15. The van der Waals surface area contributed by atoms with Gasteiger partial charge in [-0.3, -0.25) is 9.59 Å². The highest BCUT2D eigenvalue weighted by molar-refractivity contribution is 6.05. The van der Waals surface area contributed by atoms with E-state index in [0.717, 1.165) is 0 Å². The number of hydrogen-bond acceptors (Lipinski definition) is 3. The van der Waals surface area contributed by atoms with Crippen molar-refractivity contribution in [1.29, 1.82) is 0 Å². The summed E-state index contributed by atoms with van der Waals surface area (Å²) in [6, 6.07) is 6.57. The normalized spacial score (nSPS) is 21.3. The zero-order valence-corrected chi connectivity index (χ0v) is 10.0. The summed E-state index contributed by atoms with van der Waals surface area (Å²) in [6.07, 6.45) is -0.319. The molecule has 0 saturated carbocycles. The van der Waals surface area contributed by atoms with Crippen LogP contribution in [0.3, 0.4) is 0 Å². The minimum atomic E-state index is -2.14. The van der Waals surface area contributed by atoms with Crippen LogP contribution in [0, 0.1) is 0 Å². The summed E-state index contributed by atoms with van der Waals surface area (Å²) in [6.45, 7) is 1.93. The van der Waals surface area contributed by atoms with Crippen LogP contribution in [0.1, 0.15) is 25.3 Å². The summed E-state index contributed by atoms with van der Waals surface area (Å²) in [5.74, 6) is -1.21. The zero-order chi connectivity index (χ0) is 13.2. The molecule has 96 valence electrons. The highest BCUT2D eigenvalue weighted by Crippen LogP contribution is 2.42. The van der Waals surface area contributed by atoms with Gasteiger partial charge in [-0.2, -0.15) is 0 Å². The number of para-hydroxylation sites is 1. The lowest BCUT2D eigenvalue weighted by Gasteiger charge is -2.17. The van der Waals surface area contributed by atoms with Crippen LogP contribution in [-0.4, -0.2) is 18.5 Å². The Labute approximate surface area is 104 Å². The molecule has 0 fully saturated rings. The maximum Gasteiger partial charge on any atom is 0.305 e. The molecule has 1 aliphatic heterocycles. The molecule has 4 nitrogen and oxygen atoms in total. The fourth-order valence-electron chi connectivity index (χ4n) is 2.04. The lowest BCUT2D eigenvalue weighted by Crippen LogP contribution is -2.30. The molecular weight excluding hydrogens is 237 g/mol. The minimum Gasteiger partial charge on any atom is -0.466 e. The Hall–Kier alpha value is -1.91. The number of benzene rings is 1. The predicted octanol–water partition coefficient (Wildman–Crippen LogP) is 2.15. The fraction of sp³-hybridized carbons (Fsp3) is 0.385. The smallest absolute Gasteiger partial charge is 0.305 e. The molecule has 18 heavy (non-hydrogen) atoms. The van der Waals surface area contributed by atoms with Gasteiger partial charge in [0.15, 0.2) is 0 Å². The molecule has 0 bridgehead atoms. The van der Waals surface area contributed by atoms with Gasteiger partial charge in [-0.1, -0.05) is 18.2 Å². The highest BCUT2D eigenvalue weighted by atomic mass is 19.1. The molecule has 1 N–H and O–H groups in total. The molecule has 1 aromatic rings. The molecule has 0 aliphatic carbocycles. The van der Waals surface area contributed by atoms with E-state index in [1.807, 2.05) is 0 Å². The van der Waals surface area contributed by atoms with E-state index in [4.69, 9.17) is 4.74 Å². The quantitative estimate of drug-likeness (QED) is 0.834. The second-order valence-electron chi connectivity index (χ2n) is 4.11. The molecule has 0 radical (unpaired) electrons. The second kappa shape index (κ2) is 4.76. The van der Waals surface area contributed by atoms with E-state index in [1.54, 1.807) is 31.2 Å². The van der Waals surface area contributed by atoms with Crippen molar-refractivity contribution in [3.05, 3.63) is 29.8 Å². The Morgan fingerprint density at radius 2 is 2.17 bits per heavy atom. The van der Waals surface area contributed by atoms with Crippen LogP contribution in [0.5, 0.6) is 0 Å². The number of carbonyl (C=O) groups excluding carboxylic acids is 2. The number of nitrogens with one attached hydrogen (secondary N) is 1. The highest BCUT2D eigenvalue weighted by Gasteiger charge is 2.47. The molecule has 1 amide bonds. The molecule has 2 rings (SSSR count). The van der Waals surface area contributed by atoms with Gasteiger partial charge in [0.1, 0.15) is 0 Å². The standard InChI is InChI=1S/C13H14FNO3/c1-2-18-11(16)7-8-13(14)9-5-3-4-6-10(9)15-12(13)17/h3-6H,2,7-8H2,1H3,(H,15,17). The van der Waals surface area contributed by atoms with Crippen molar-refractivity contribution in [3.8, 4) is 0 Å². The lowest BCUT2D eigenvalue weighted by molar-refractivity contribution is -0.144. The number of carbonyl (C=O) groups is 2. The third-order valence-electron chi connectivity index (χ3n) is 2.94. The number of anilines is 1. The van der Waals surface area contributed by atoms with Gasteiger partial charge in [-0.15, -0.1) is 0 Å². The third kappa shape index (κ3) is 2.08. The number of ether oxygens (including phenoxy) is 1. The molecule has 5 heteroatoms. The number of rotatable bonds is 4. The molecular formula is C13H14FNO3. The first kappa shape index (κ1) is 12.5. The van der Waals surface area contributed by atoms with E-state index in [0.29, 0.717) is 11.3 Å². The average molecular weight is 251 g/mol. The van der Waals surface area contributed by atoms with E-state index in [2.05, 4.69) is 5.32 Å². The van der Waals surface area contributed by atoms with E-state index < -0.39 is 17.5 Å². The van der Waals surface area contributed by atoms with Crippen LogP contribution < -0.4 is 5.32 Å². The van der Waals surface area contributed by atoms with Gasteiger partial charge < -0.3 is 10.1 Å². The summed E-state index contributed by atoms with van der Waals surface area (Å²) in [7, 11) is 0. The van der Waals surface area contributed by atoms with Crippen LogP contribution in [0.2, 0.25) is 0 Å². The molecule has 1 unspecified atom stereocenters. The number of esters is 1. The topological polar surface area (TPSA) is 55.4 Å². The Morgan fingerprint density at radius 1 is 1.44 bits per heavy atom. The van der Waals surface area contributed by atoms with E-state index in [1.165, 1.54) is 0 Å². The van der Waals surface area contributed by atoms with Gasteiger partial charge in [0.2, 0.25) is 5.67 Å². The van der Waals surface area contributed by atoms with Crippen molar-refractivity contribution in [3.63, 3.8) is 0 Å². The van der Waals surface area contributed by atoms with Crippen LogP contribution in [0.15, 0.2) is 24.3 Å². The van der Waals surface area contributed by atoms with Gasteiger partial charge in [-0.25, -0.2) is 4.39 Å². The first-order valence-corrected chi connectivity index (χ1v) is 5.83. The van der Waals surface area contributed by atoms with Crippen molar-refractivity contribution in [2.45, 2.75) is 25.4 Å². The summed E-state index contributed by atoms with van der Waals surface area (Å²) in [5, 5.41) is 2.48. The van der Waals surface area contributed by atoms with Crippen molar-refractivity contribution in [2.75, 3.05) is 11.9 Å². The average Bonchev–Trinajstić information content (AvgIpc) is 2.61. The first-order chi connectivity index (χ1) is 8.58. The summed E-state index contributed by atoms with van der Waals surface area (Å²) in [5.41, 5.74) is -1.38. The number of fused-ring (bicyclic) bond motifs is 1. The maximum absolute atomic E-state index is 14.7. The molecule has 1 aromatic carbocycles. The maximum atomic E-state index is 14.7. The van der Waals surface area contributed by atoms with Gasteiger partial charge in [0.25, 0.3) is 5.91 Å². The SMILES string of the molecule is CCOC(=O)CCC1(F)C(=O)Nc2ccccc21. The molecule has 0 spiro atoms. The largest absolute Gasteiger partial charge is 0.466 e. The molecule has 1 atom stereocenters. The molecule has 1 aliphatic rings. The zero-order valence-electron chi connectivity index (χ0n) is 10.0. The fourth-order valence-corrected chi connectivity index (χ4v) is 2.04. The number of halogens is 1. The number of alkyl halides is 1. The van der Waals surface area contributed by atoms with Crippen molar-refractivity contribution in [2.24, 2.45) is 0 Å². The summed E-state index contributed by atoms with van der Waals surface area (Å²) < 4.78 is 19.4. The van der Waals surface area contributed by atoms with E-state index in [-0.39, 0.29) is 19.4 Å². The number of amides is 1. The Bertz CT molecular complexity index is 489. The summed E-state index contributed by atoms with van der Waals surface area (Å²) in [4.78, 5) is 22.9. The monoisotopic (exact) mass is 251 g/mol. The van der Waals surface area contributed by atoms with Crippen LogP contribution >= 0.6 is 0 Å². The van der Waals surface area contributed by atoms with E-state index >= 15 is 0 Å². The minimum absolute atomic E-state index is 0.119. The van der Waals surface area contributed by atoms with E-state index in [9.17, 15) is 14.0 Å². The first-order valence-electron chi connectivity index (χ1n) is 5.83. The third-order valence-corrected chi connectivity index (χ3v) is 2.94. The lowest BCUT2D eigenvalue weighted by atomic mass is 9.92. The molecule has 1 heterocycles. The summed E-state index contributed by atoms with van der Waals surface area (Å²) >= 11 is 0.